The molecule has 0 saturated carbocycles. The molecule has 0 fully saturated rings. The van der Waals surface area contributed by atoms with Crippen molar-refractivity contribution in [2.75, 3.05) is 13.1 Å². The zero-order valence-electron chi connectivity index (χ0n) is 12.1. The first kappa shape index (κ1) is 13.2. The maximum atomic E-state index is 12.6. The predicted molar refractivity (Wildman–Crippen MR) is 80.3 cm³/mol. The van der Waals surface area contributed by atoms with Gasteiger partial charge in [-0.15, -0.1) is 0 Å². The van der Waals surface area contributed by atoms with Gasteiger partial charge in [0, 0.05) is 48.2 Å². The van der Waals surface area contributed by atoms with Crippen LogP contribution in [0.4, 0.5) is 0 Å². The van der Waals surface area contributed by atoms with Crippen molar-refractivity contribution in [1.82, 2.24) is 9.88 Å². The van der Waals surface area contributed by atoms with Crippen LogP contribution in [0.2, 0.25) is 0 Å². The zero-order valence-corrected chi connectivity index (χ0v) is 12.1. The van der Waals surface area contributed by atoms with Crippen molar-refractivity contribution in [1.29, 1.82) is 0 Å². The molecule has 0 radical (unpaired) electrons. The van der Waals surface area contributed by atoms with Gasteiger partial charge in [-0.1, -0.05) is 18.2 Å². The Morgan fingerprint density at radius 1 is 1.40 bits per heavy atom. The summed E-state index contributed by atoms with van der Waals surface area (Å²) >= 11 is 0. The fourth-order valence-corrected chi connectivity index (χ4v) is 2.86. The van der Waals surface area contributed by atoms with Gasteiger partial charge in [-0.3, -0.25) is 4.79 Å². The first-order valence-electron chi connectivity index (χ1n) is 7.11. The molecule has 106 valence electrons. The summed E-state index contributed by atoms with van der Waals surface area (Å²) in [5, 5.41) is 1.23. The lowest BCUT2D eigenvalue weighted by Crippen LogP contribution is -2.46. The van der Waals surface area contributed by atoms with Crippen molar-refractivity contribution in [3.8, 4) is 0 Å². The maximum absolute atomic E-state index is 12.6. The van der Waals surface area contributed by atoms with Crippen LogP contribution in [0.25, 0.3) is 10.9 Å². The lowest BCUT2D eigenvalue weighted by atomic mass is 9.90. The number of H-pyrrole nitrogens is 1. The smallest absolute Gasteiger partial charge is 0.229 e. The predicted octanol–water partition coefficient (Wildman–Crippen LogP) is 2.04. The largest absolute Gasteiger partial charge is 0.358 e. The quantitative estimate of drug-likeness (QED) is 0.878. The average Bonchev–Trinajstić information content (AvgIpc) is 2.84. The van der Waals surface area contributed by atoms with Crippen LogP contribution in [-0.4, -0.2) is 28.9 Å². The summed E-state index contributed by atoms with van der Waals surface area (Å²) in [6.45, 7) is 5.66. The van der Waals surface area contributed by atoms with E-state index in [2.05, 4.69) is 17.1 Å². The molecular weight excluding hydrogens is 250 g/mol. The van der Waals surface area contributed by atoms with Crippen LogP contribution in [0.3, 0.4) is 0 Å². The molecular formula is C16H21N3O. The summed E-state index contributed by atoms with van der Waals surface area (Å²) in [6, 6.07) is 8.28. The highest BCUT2D eigenvalue weighted by molar-refractivity contribution is 5.87. The summed E-state index contributed by atoms with van der Waals surface area (Å²) in [5.74, 6) is 0.149. The van der Waals surface area contributed by atoms with Crippen molar-refractivity contribution >= 4 is 16.8 Å². The van der Waals surface area contributed by atoms with Gasteiger partial charge in [0.05, 0.1) is 5.41 Å². The minimum atomic E-state index is -0.483. The van der Waals surface area contributed by atoms with Gasteiger partial charge in [0.15, 0.2) is 0 Å². The van der Waals surface area contributed by atoms with Gasteiger partial charge in [-0.2, -0.15) is 0 Å². The molecule has 0 unspecified atom stereocenters. The molecule has 2 heterocycles. The van der Waals surface area contributed by atoms with Crippen LogP contribution < -0.4 is 5.73 Å². The number of nitrogens with one attached hydrogen (secondary N) is 1. The molecule has 3 N–H and O–H groups in total. The van der Waals surface area contributed by atoms with E-state index in [-0.39, 0.29) is 5.91 Å². The lowest BCUT2D eigenvalue weighted by Gasteiger charge is -2.33. The number of hydrogen-bond acceptors (Lipinski definition) is 2. The average molecular weight is 271 g/mol. The van der Waals surface area contributed by atoms with E-state index in [1.807, 2.05) is 30.9 Å². The Labute approximate surface area is 118 Å². The molecule has 3 rings (SSSR count). The van der Waals surface area contributed by atoms with Crippen LogP contribution >= 0.6 is 0 Å². The van der Waals surface area contributed by atoms with Crippen LogP contribution in [0.5, 0.6) is 0 Å². The number of aromatic nitrogens is 1. The fraction of sp³-hybridized carbons (Fsp3) is 0.438. The van der Waals surface area contributed by atoms with Crippen LogP contribution in [0.1, 0.15) is 25.1 Å². The van der Waals surface area contributed by atoms with Crippen molar-refractivity contribution in [3.05, 3.63) is 35.5 Å². The zero-order chi connectivity index (χ0) is 14.3. The molecule has 1 aromatic heterocycles. The van der Waals surface area contributed by atoms with E-state index >= 15 is 0 Å². The number of benzene rings is 1. The second kappa shape index (κ2) is 4.63. The summed E-state index contributed by atoms with van der Waals surface area (Å²) in [6.07, 6.45) is 0.885. The number of aromatic amines is 1. The number of amides is 1. The minimum Gasteiger partial charge on any atom is -0.358 e. The van der Waals surface area contributed by atoms with Gasteiger partial charge >= 0.3 is 0 Å². The van der Waals surface area contributed by atoms with Gasteiger partial charge in [0.1, 0.15) is 0 Å². The highest BCUT2D eigenvalue weighted by Gasteiger charge is 2.33. The highest BCUT2D eigenvalue weighted by Crippen LogP contribution is 2.29. The molecule has 1 aliphatic heterocycles. The van der Waals surface area contributed by atoms with E-state index in [1.54, 1.807) is 0 Å². The Hall–Kier alpha value is -1.81. The molecule has 0 bridgehead atoms. The molecule has 4 heteroatoms. The van der Waals surface area contributed by atoms with Gasteiger partial charge < -0.3 is 15.6 Å². The van der Waals surface area contributed by atoms with E-state index in [1.165, 1.54) is 16.6 Å². The van der Waals surface area contributed by atoms with Crippen molar-refractivity contribution in [2.45, 2.75) is 26.8 Å². The van der Waals surface area contributed by atoms with Gasteiger partial charge in [0.2, 0.25) is 5.91 Å². The molecule has 20 heavy (non-hydrogen) atoms. The first-order valence-corrected chi connectivity index (χ1v) is 7.11. The molecule has 1 amide bonds. The maximum Gasteiger partial charge on any atom is 0.229 e. The van der Waals surface area contributed by atoms with E-state index in [0.29, 0.717) is 13.1 Å². The number of para-hydroxylation sites is 1. The van der Waals surface area contributed by atoms with E-state index < -0.39 is 5.41 Å². The monoisotopic (exact) mass is 271 g/mol. The Kier molecular flexibility index (Phi) is 3.05. The molecule has 0 saturated heterocycles. The van der Waals surface area contributed by atoms with Crippen LogP contribution in [-0.2, 0) is 17.8 Å². The van der Waals surface area contributed by atoms with E-state index in [0.717, 1.165) is 18.5 Å². The van der Waals surface area contributed by atoms with Crippen molar-refractivity contribution in [3.63, 3.8) is 0 Å². The number of fused-ring (bicyclic) bond motifs is 3. The molecule has 4 nitrogen and oxygen atoms in total. The Balaban J connectivity index is 1.94. The highest BCUT2D eigenvalue weighted by atomic mass is 16.2. The molecule has 0 aliphatic carbocycles. The molecule has 1 aliphatic rings. The normalized spacial score (nSPS) is 15.4. The number of nitrogens with zero attached hydrogens (tertiary/aromatic N) is 1. The number of nitrogens with two attached hydrogens (primary N) is 1. The Morgan fingerprint density at radius 3 is 2.90 bits per heavy atom. The molecule has 2 aromatic rings. The number of carbonyl (C=O) groups is 1. The van der Waals surface area contributed by atoms with Gasteiger partial charge in [-0.05, 0) is 19.9 Å². The third-order valence-corrected chi connectivity index (χ3v) is 4.26. The Morgan fingerprint density at radius 2 is 2.15 bits per heavy atom. The first-order chi connectivity index (χ1) is 9.53. The molecule has 0 spiro atoms. The number of rotatable bonds is 2. The third-order valence-electron chi connectivity index (χ3n) is 4.26. The van der Waals surface area contributed by atoms with E-state index in [4.69, 9.17) is 5.73 Å². The fourth-order valence-electron chi connectivity index (χ4n) is 2.86. The summed E-state index contributed by atoms with van der Waals surface area (Å²) < 4.78 is 0. The molecule has 1 aromatic carbocycles. The van der Waals surface area contributed by atoms with Gasteiger partial charge in [0.25, 0.3) is 0 Å². The van der Waals surface area contributed by atoms with Crippen molar-refractivity contribution < 1.29 is 4.79 Å². The van der Waals surface area contributed by atoms with E-state index in [9.17, 15) is 4.79 Å². The van der Waals surface area contributed by atoms with Gasteiger partial charge in [-0.25, -0.2) is 0 Å². The summed E-state index contributed by atoms with van der Waals surface area (Å²) in [7, 11) is 0. The second-order valence-corrected chi connectivity index (χ2v) is 6.19. The summed E-state index contributed by atoms with van der Waals surface area (Å²) in [5.41, 5.74) is 8.92. The van der Waals surface area contributed by atoms with Crippen LogP contribution in [0, 0.1) is 5.41 Å². The standard InChI is InChI=1S/C16H21N3O/c1-16(2,10-17)15(20)19-8-7-14-12(9-19)11-5-3-4-6-13(11)18-14/h3-6,18H,7-10,17H2,1-2H3. The number of hydrogen-bond donors (Lipinski definition) is 2. The topological polar surface area (TPSA) is 62.1 Å². The number of carbonyl (C=O) groups excluding carboxylic acids is 1. The van der Waals surface area contributed by atoms with Crippen LogP contribution in [0.15, 0.2) is 24.3 Å². The SMILES string of the molecule is CC(C)(CN)C(=O)N1CCc2[nH]c3ccccc3c2C1. The second-order valence-electron chi connectivity index (χ2n) is 6.19. The Bertz CT molecular complexity index is 657. The molecule has 0 atom stereocenters. The third kappa shape index (κ3) is 2.00. The minimum absolute atomic E-state index is 0.149. The van der Waals surface area contributed by atoms with Crippen molar-refractivity contribution in [2.24, 2.45) is 11.1 Å². The summed E-state index contributed by atoms with van der Waals surface area (Å²) in [4.78, 5) is 18.0. The lowest BCUT2D eigenvalue weighted by molar-refractivity contribution is -0.140.